The largest absolute Gasteiger partial charge is 0.384 e. The molecule has 1 amide bonds. The molecule has 0 atom stereocenters. The quantitative estimate of drug-likeness (QED) is 0.879. The third kappa shape index (κ3) is 3.35. The normalized spacial score (nSPS) is 10.3. The monoisotopic (exact) mass is 272 g/mol. The number of nitrogens with two attached hydrogens (primary N) is 1. The van der Waals surface area contributed by atoms with Gasteiger partial charge in [0.15, 0.2) is 0 Å². The van der Waals surface area contributed by atoms with Gasteiger partial charge in [-0.15, -0.1) is 0 Å². The molecule has 2 aromatic carbocycles. The highest BCUT2D eigenvalue weighted by atomic mass is 19.1. The third-order valence-electron chi connectivity index (χ3n) is 3.20. The van der Waals surface area contributed by atoms with E-state index in [1.807, 2.05) is 30.3 Å². The molecule has 0 heterocycles. The highest BCUT2D eigenvalue weighted by Gasteiger charge is 2.10. The molecule has 0 fully saturated rings. The summed E-state index contributed by atoms with van der Waals surface area (Å²) in [7, 11) is 0. The smallest absolute Gasteiger partial charge is 0.248 e. The number of halogens is 1. The molecule has 0 spiro atoms. The van der Waals surface area contributed by atoms with Crippen LogP contribution in [0, 0.1) is 12.7 Å². The van der Waals surface area contributed by atoms with Crippen molar-refractivity contribution in [2.45, 2.75) is 13.3 Å². The molecule has 3 N–H and O–H groups in total. The van der Waals surface area contributed by atoms with Crippen LogP contribution in [0.15, 0.2) is 42.5 Å². The SMILES string of the molecule is Cc1c(F)cc(C(N)=O)cc1NCCc1ccccc1. The van der Waals surface area contributed by atoms with Crippen LogP contribution >= 0.6 is 0 Å². The minimum absolute atomic E-state index is 0.176. The molecule has 0 saturated carbocycles. The lowest BCUT2D eigenvalue weighted by Crippen LogP contribution is -2.13. The molecule has 4 heteroatoms. The van der Waals surface area contributed by atoms with E-state index in [1.165, 1.54) is 11.6 Å². The van der Waals surface area contributed by atoms with E-state index in [2.05, 4.69) is 5.32 Å². The number of rotatable bonds is 5. The van der Waals surface area contributed by atoms with Crippen molar-refractivity contribution in [1.29, 1.82) is 0 Å². The number of anilines is 1. The molecule has 20 heavy (non-hydrogen) atoms. The number of hydrogen-bond acceptors (Lipinski definition) is 2. The Hall–Kier alpha value is -2.36. The van der Waals surface area contributed by atoms with E-state index < -0.39 is 11.7 Å². The molecule has 0 aliphatic rings. The minimum Gasteiger partial charge on any atom is -0.384 e. The van der Waals surface area contributed by atoms with Crippen LogP contribution in [0.4, 0.5) is 10.1 Å². The van der Waals surface area contributed by atoms with Gasteiger partial charge in [-0.25, -0.2) is 4.39 Å². The van der Waals surface area contributed by atoms with Crippen LogP contribution in [0.3, 0.4) is 0 Å². The standard InChI is InChI=1S/C16H17FN2O/c1-11-14(17)9-13(16(18)20)10-15(11)19-8-7-12-5-3-2-4-6-12/h2-6,9-10,19H,7-8H2,1H3,(H2,18,20). The first-order valence-corrected chi connectivity index (χ1v) is 6.45. The van der Waals surface area contributed by atoms with Gasteiger partial charge in [0.1, 0.15) is 5.82 Å². The average molecular weight is 272 g/mol. The summed E-state index contributed by atoms with van der Waals surface area (Å²) in [5.41, 5.74) is 7.66. The zero-order chi connectivity index (χ0) is 14.5. The van der Waals surface area contributed by atoms with E-state index in [-0.39, 0.29) is 5.56 Å². The van der Waals surface area contributed by atoms with E-state index >= 15 is 0 Å². The fraction of sp³-hybridized carbons (Fsp3) is 0.188. The first-order chi connectivity index (χ1) is 9.58. The summed E-state index contributed by atoms with van der Waals surface area (Å²) in [6.45, 7) is 2.33. The fourth-order valence-electron chi connectivity index (χ4n) is 1.99. The molecular formula is C16H17FN2O. The van der Waals surface area contributed by atoms with Gasteiger partial charge in [-0.2, -0.15) is 0 Å². The fourth-order valence-corrected chi connectivity index (χ4v) is 1.99. The summed E-state index contributed by atoms with van der Waals surface area (Å²) in [6, 6.07) is 12.8. The summed E-state index contributed by atoms with van der Waals surface area (Å²) >= 11 is 0. The lowest BCUT2D eigenvalue weighted by molar-refractivity contribution is 0.1000. The molecule has 2 rings (SSSR count). The van der Waals surface area contributed by atoms with Crippen molar-refractivity contribution in [3.05, 3.63) is 65.0 Å². The molecule has 0 aromatic heterocycles. The van der Waals surface area contributed by atoms with E-state index in [9.17, 15) is 9.18 Å². The van der Waals surface area contributed by atoms with Crippen molar-refractivity contribution in [2.75, 3.05) is 11.9 Å². The molecule has 0 radical (unpaired) electrons. The average Bonchev–Trinajstić information content (AvgIpc) is 2.44. The topological polar surface area (TPSA) is 55.1 Å². The van der Waals surface area contributed by atoms with Crippen molar-refractivity contribution in [3.8, 4) is 0 Å². The summed E-state index contributed by atoms with van der Waals surface area (Å²) < 4.78 is 13.7. The number of carbonyl (C=O) groups excluding carboxylic acids is 1. The van der Waals surface area contributed by atoms with Gasteiger partial charge in [0.05, 0.1) is 0 Å². The molecule has 3 nitrogen and oxygen atoms in total. The van der Waals surface area contributed by atoms with E-state index in [0.29, 0.717) is 17.8 Å². The van der Waals surface area contributed by atoms with Crippen molar-refractivity contribution in [3.63, 3.8) is 0 Å². The maximum Gasteiger partial charge on any atom is 0.248 e. The second kappa shape index (κ2) is 6.19. The molecule has 0 aliphatic carbocycles. The van der Waals surface area contributed by atoms with Crippen LogP contribution in [-0.2, 0) is 6.42 Å². The van der Waals surface area contributed by atoms with Gasteiger partial charge in [0.2, 0.25) is 5.91 Å². The van der Waals surface area contributed by atoms with E-state index in [0.717, 1.165) is 6.42 Å². The number of carbonyl (C=O) groups is 1. The Morgan fingerprint density at radius 1 is 1.25 bits per heavy atom. The van der Waals surface area contributed by atoms with Crippen LogP contribution in [0.1, 0.15) is 21.5 Å². The van der Waals surface area contributed by atoms with Crippen molar-refractivity contribution < 1.29 is 9.18 Å². The number of primary amides is 1. The molecule has 104 valence electrons. The lowest BCUT2D eigenvalue weighted by Gasteiger charge is -2.11. The number of amides is 1. The number of benzene rings is 2. The Balaban J connectivity index is 2.07. The summed E-state index contributed by atoms with van der Waals surface area (Å²) in [5.74, 6) is -1.06. The van der Waals surface area contributed by atoms with E-state index in [4.69, 9.17) is 5.73 Å². The van der Waals surface area contributed by atoms with Crippen molar-refractivity contribution in [2.24, 2.45) is 5.73 Å². The molecule has 0 saturated heterocycles. The zero-order valence-electron chi connectivity index (χ0n) is 11.3. The lowest BCUT2D eigenvalue weighted by atomic mass is 10.1. The predicted molar refractivity (Wildman–Crippen MR) is 78.3 cm³/mol. The van der Waals surface area contributed by atoms with Gasteiger partial charge >= 0.3 is 0 Å². The Labute approximate surface area is 117 Å². The van der Waals surface area contributed by atoms with Gasteiger partial charge < -0.3 is 11.1 Å². The third-order valence-corrected chi connectivity index (χ3v) is 3.20. The Bertz CT molecular complexity index is 611. The second-order valence-corrected chi connectivity index (χ2v) is 4.66. The van der Waals surface area contributed by atoms with E-state index in [1.54, 1.807) is 13.0 Å². The first kappa shape index (κ1) is 14.1. The van der Waals surface area contributed by atoms with Gasteiger partial charge in [0.25, 0.3) is 0 Å². The molecule has 2 aromatic rings. The summed E-state index contributed by atoms with van der Waals surface area (Å²) in [5, 5.41) is 3.15. The maximum absolute atomic E-state index is 13.7. The maximum atomic E-state index is 13.7. The minimum atomic E-state index is -0.630. The molecular weight excluding hydrogens is 255 g/mol. The van der Waals surface area contributed by atoms with Gasteiger partial charge in [-0.3, -0.25) is 4.79 Å². The van der Waals surface area contributed by atoms with Gasteiger partial charge in [0, 0.05) is 23.4 Å². The highest BCUT2D eigenvalue weighted by molar-refractivity contribution is 5.94. The molecule has 0 aliphatic heterocycles. The molecule has 0 bridgehead atoms. The van der Waals surface area contributed by atoms with Crippen LogP contribution in [0.25, 0.3) is 0 Å². The van der Waals surface area contributed by atoms with Crippen molar-refractivity contribution in [1.82, 2.24) is 0 Å². The van der Waals surface area contributed by atoms with Crippen LogP contribution in [-0.4, -0.2) is 12.5 Å². The molecule has 0 unspecified atom stereocenters. The first-order valence-electron chi connectivity index (χ1n) is 6.45. The Morgan fingerprint density at radius 3 is 2.60 bits per heavy atom. The highest BCUT2D eigenvalue weighted by Crippen LogP contribution is 2.20. The van der Waals surface area contributed by atoms with Gasteiger partial charge in [-0.1, -0.05) is 30.3 Å². The Kier molecular flexibility index (Phi) is 4.35. The number of nitrogens with one attached hydrogen (secondary N) is 1. The summed E-state index contributed by atoms with van der Waals surface area (Å²) in [4.78, 5) is 11.1. The van der Waals surface area contributed by atoms with Gasteiger partial charge in [-0.05, 0) is 31.0 Å². The predicted octanol–water partition coefficient (Wildman–Crippen LogP) is 2.89. The zero-order valence-corrected chi connectivity index (χ0v) is 11.3. The second-order valence-electron chi connectivity index (χ2n) is 4.66. The number of hydrogen-bond donors (Lipinski definition) is 2. The Morgan fingerprint density at radius 2 is 1.95 bits per heavy atom. The summed E-state index contributed by atoms with van der Waals surface area (Å²) in [6.07, 6.45) is 0.822. The van der Waals surface area contributed by atoms with Crippen LogP contribution in [0.2, 0.25) is 0 Å². The van der Waals surface area contributed by atoms with Crippen LogP contribution < -0.4 is 11.1 Å². The van der Waals surface area contributed by atoms with Crippen LogP contribution in [0.5, 0.6) is 0 Å². The van der Waals surface area contributed by atoms with Crippen molar-refractivity contribution >= 4 is 11.6 Å².